The number of hydrazine groups is 1. The van der Waals surface area contributed by atoms with Crippen molar-refractivity contribution in [3.05, 3.63) is 12.7 Å². The zero-order valence-electron chi connectivity index (χ0n) is 11.5. The molecule has 0 aromatic carbocycles. The van der Waals surface area contributed by atoms with Gasteiger partial charge in [-0.25, -0.2) is 0 Å². The van der Waals surface area contributed by atoms with E-state index < -0.39 is 0 Å². The summed E-state index contributed by atoms with van der Waals surface area (Å²) in [5.74, 6) is 5.76. The number of nitrogens with two attached hydrogens (primary N) is 1. The summed E-state index contributed by atoms with van der Waals surface area (Å²) in [4.78, 5) is 0. The molecule has 1 aliphatic carbocycles. The topological polar surface area (TPSA) is 38.0 Å². The van der Waals surface area contributed by atoms with E-state index in [9.17, 15) is 0 Å². The van der Waals surface area contributed by atoms with Crippen LogP contribution in [-0.2, 0) is 0 Å². The summed E-state index contributed by atoms with van der Waals surface area (Å²) in [6.45, 7) is 6.18. The van der Waals surface area contributed by atoms with Crippen LogP contribution in [0.1, 0.15) is 71.1 Å². The van der Waals surface area contributed by atoms with E-state index in [1.54, 1.807) is 0 Å². The third-order valence-electron chi connectivity index (χ3n) is 4.44. The summed E-state index contributed by atoms with van der Waals surface area (Å²) >= 11 is 0. The molecule has 1 aliphatic rings. The number of hydrogen-bond donors (Lipinski definition) is 2. The lowest BCUT2D eigenvalue weighted by atomic mass is 9.69. The first kappa shape index (κ1) is 14.7. The van der Waals surface area contributed by atoms with Gasteiger partial charge in [-0.1, -0.05) is 45.1 Å². The van der Waals surface area contributed by atoms with Gasteiger partial charge in [-0.15, -0.1) is 6.58 Å². The zero-order chi connectivity index (χ0) is 12.6. The van der Waals surface area contributed by atoms with Crippen molar-refractivity contribution in [3.63, 3.8) is 0 Å². The number of hydrogen-bond acceptors (Lipinski definition) is 2. The Labute approximate surface area is 107 Å². The van der Waals surface area contributed by atoms with Crippen molar-refractivity contribution < 1.29 is 0 Å². The highest BCUT2D eigenvalue weighted by Crippen LogP contribution is 2.40. The maximum absolute atomic E-state index is 5.76. The summed E-state index contributed by atoms with van der Waals surface area (Å²) in [5.41, 5.74) is 3.52. The van der Waals surface area contributed by atoms with Gasteiger partial charge in [-0.3, -0.25) is 11.3 Å². The van der Waals surface area contributed by atoms with Gasteiger partial charge in [-0.05, 0) is 37.5 Å². The third kappa shape index (κ3) is 4.81. The predicted octanol–water partition coefficient (Wildman–Crippen LogP) is 3.93. The van der Waals surface area contributed by atoms with Crippen molar-refractivity contribution in [2.24, 2.45) is 11.3 Å². The second kappa shape index (κ2) is 7.88. The number of nitrogens with one attached hydrogen (secondary N) is 1. The van der Waals surface area contributed by atoms with E-state index in [0.717, 1.165) is 6.42 Å². The first-order valence-electron chi connectivity index (χ1n) is 7.30. The van der Waals surface area contributed by atoms with Gasteiger partial charge >= 0.3 is 0 Å². The maximum atomic E-state index is 5.76. The highest BCUT2D eigenvalue weighted by molar-refractivity contribution is 4.88. The Morgan fingerprint density at radius 3 is 2.53 bits per heavy atom. The smallest absolute Gasteiger partial charge is 0.0264 e. The van der Waals surface area contributed by atoms with Gasteiger partial charge in [0.2, 0.25) is 0 Å². The van der Waals surface area contributed by atoms with Crippen LogP contribution in [0, 0.1) is 5.41 Å². The molecule has 2 heteroatoms. The fraction of sp³-hybridized carbons (Fsp3) is 0.867. The van der Waals surface area contributed by atoms with E-state index in [-0.39, 0.29) is 0 Å². The minimum Gasteiger partial charge on any atom is -0.271 e. The standard InChI is InChI=1S/C15H30N2/c1-3-4-5-6-8-11-14(17-16)15(2)12-9-7-10-13-15/h3,14,17H,1,4-13,16H2,2H3. The van der Waals surface area contributed by atoms with Crippen LogP contribution in [0.5, 0.6) is 0 Å². The van der Waals surface area contributed by atoms with Crippen molar-refractivity contribution >= 4 is 0 Å². The summed E-state index contributed by atoms with van der Waals surface area (Å²) in [5, 5.41) is 0. The fourth-order valence-electron chi connectivity index (χ4n) is 3.15. The number of unbranched alkanes of at least 4 members (excludes halogenated alkanes) is 3. The van der Waals surface area contributed by atoms with Crippen molar-refractivity contribution in [1.82, 2.24) is 5.43 Å². The van der Waals surface area contributed by atoms with Gasteiger partial charge in [0, 0.05) is 6.04 Å². The van der Waals surface area contributed by atoms with Gasteiger partial charge in [0.15, 0.2) is 0 Å². The molecule has 0 aromatic heterocycles. The summed E-state index contributed by atoms with van der Waals surface area (Å²) in [6, 6.07) is 0.506. The van der Waals surface area contributed by atoms with Crippen LogP contribution in [-0.4, -0.2) is 6.04 Å². The molecule has 3 N–H and O–H groups in total. The van der Waals surface area contributed by atoms with E-state index in [1.165, 1.54) is 57.8 Å². The van der Waals surface area contributed by atoms with Crippen LogP contribution < -0.4 is 11.3 Å². The van der Waals surface area contributed by atoms with Gasteiger partial charge in [0.05, 0.1) is 0 Å². The maximum Gasteiger partial charge on any atom is 0.0264 e. The quantitative estimate of drug-likeness (QED) is 0.291. The molecule has 0 spiro atoms. The Hall–Kier alpha value is -0.340. The van der Waals surface area contributed by atoms with E-state index in [1.807, 2.05) is 6.08 Å². The molecular formula is C15H30N2. The molecule has 1 fully saturated rings. The van der Waals surface area contributed by atoms with Crippen LogP contribution in [0.15, 0.2) is 12.7 Å². The lowest BCUT2D eigenvalue weighted by Gasteiger charge is -2.40. The van der Waals surface area contributed by atoms with Crippen LogP contribution >= 0.6 is 0 Å². The average Bonchev–Trinajstić information content (AvgIpc) is 2.34. The molecule has 1 saturated carbocycles. The SMILES string of the molecule is C=CCCCCCC(NN)C1(C)CCCCC1. The molecule has 0 amide bonds. The second-order valence-electron chi connectivity index (χ2n) is 5.86. The van der Waals surface area contributed by atoms with Crippen LogP contribution in [0.25, 0.3) is 0 Å². The zero-order valence-corrected chi connectivity index (χ0v) is 11.5. The van der Waals surface area contributed by atoms with E-state index in [4.69, 9.17) is 5.84 Å². The molecule has 17 heavy (non-hydrogen) atoms. The Morgan fingerprint density at radius 2 is 1.94 bits per heavy atom. The predicted molar refractivity (Wildman–Crippen MR) is 75.6 cm³/mol. The van der Waals surface area contributed by atoms with Crippen LogP contribution in [0.4, 0.5) is 0 Å². The van der Waals surface area contributed by atoms with E-state index in [2.05, 4.69) is 18.9 Å². The molecule has 1 unspecified atom stereocenters. The number of allylic oxidation sites excluding steroid dienone is 1. The molecular weight excluding hydrogens is 208 g/mol. The Morgan fingerprint density at radius 1 is 1.24 bits per heavy atom. The molecule has 0 bridgehead atoms. The van der Waals surface area contributed by atoms with Crippen molar-refractivity contribution in [2.75, 3.05) is 0 Å². The molecule has 1 rings (SSSR count). The highest BCUT2D eigenvalue weighted by Gasteiger charge is 2.34. The largest absolute Gasteiger partial charge is 0.271 e. The second-order valence-corrected chi connectivity index (χ2v) is 5.86. The van der Waals surface area contributed by atoms with Crippen LogP contribution in [0.3, 0.4) is 0 Å². The first-order valence-corrected chi connectivity index (χ1v) is 7.30. The van der Waals surface area contributed by atoms with Gasteiger partial charge < -0.3 is 0 Å². The molecule has 100 valence electrons. The third-order valence-corrected chi connectivity index (χ3v) is 4.44. The lowest BCUT2D eigenvalue weighted by molar-refractivity contribution is 0.136. The minimum absolute atomic E-state index is 0.436. The van der Waals surface area contributed by atoms with E-state index >= 15 is 0 Å². The van der Waals surface area contributed by atoms with E-state index in [0.29, 0.717) is 11.5 Å². The Balaban J connectivity index is 2.28. The first-order chi connectivity index (χ1) is 8.23. The molecule has 0 aliphatic heterocycles. The minimum atomic E-state index is 0.436. The number of rotatable bonds is 8. The summed E-state index contributed by atoms with van der Waals surface area (Å²) in [6.07, 6.45) is 15.1. The monoisotopic (exact) mass is 238 g/mol. The van der Waals surface area contributed by atoms with Gasteiger partial charge in [0.25, 0.3) is 0 Å². The highest BCUT2D eigenvalue weighted by atomic mass is 15.2. The molecule has 1 atom stereocenters. The molecule has 0 radical (unpaired) electrons. The van der Waals surface area contributed by atoms with Gasteiger partial charge in [-0.2, -0.15) is 0 Å². The van der Waals surface area contributed by atoms with Crippen LogP contribution in [0.2, 0.25) is 0 Å². The Kier molecular flexibility index (Phi) is 6.83. The summed E-state index contributed by atoms with van der Waals surface area (Å²) < 4.78 is 0. The van der Waals surface area contributed by atoms with Gasteiger partial charge in [0.1, 0.15) is 0 Å². The normalized spacial score (nSPS) is 21.1. The molecule has 0 aromatic rings. The lowest BCUT2D eigenvalue weighted by Crippen LogP contribution is -2.47. The fourth-order valence-corrected chi connectivity index (χ4v) is 3.15. The summed E-state index contributed by atoms with van der Waals surface area (Å²) in [7, 11) is 0. The average molecular weight is 238 g/mol. The molecule has 0 heterocycles. The van der Waals surface area contributed by atoms with Crippen molar-refractivity contribution in [3.8, 4) is 0 Å². The van der Waals surface area contributed by atoms with Crippen molar-refractivity contribution in [2.45, 2.75) is 77.2 Å². The van der Waals surface area contributed by atoms with Crippen molar-refractivity contribution in [1.29, 1.82) is 0 Å². The molecule has 0 saturated heterocycles. The molecule has 2 nitrogen and oxygen atoms in total. The Bertz CT molecular complexity index is 207.